The molecule has 0 saturated carbocycles. The molecule has 0 bridgehead atoms. The molecule has 1 aromatic carbocycles. The number of carbonyl (C=O) groups excluding carboxylic acids is 1. The second-order valence-corrected chi connectivity index (χ2v) is 6.61. The zero-order chi connectivity index (χ0) is 17.2. The highest BCUT2D eigenvalue weighted by atomic mass is 32.2. The minimum absolute atomic E-state index is 0.0264. The molecule has 1 heterocycles. The van der Waals surface area contributed by atoms with Gasteiger partial charge in [0.05, 0.1) is 17.4 Å². The van der Waals surface area contributed by atoms with Gasteiger partial charge < -0.3 is 5.73 Å². The molecule has 2 aromatic rings. The van der Waals surface area contributed by atoms with Crippen LogP contribution in [0.2, 0.25) is 0 Å². The Bertz CT molecular complexity index is 820. The highest BCUT2D eigenvalue weighted by molar-refractivity contribution is 7.92. The zero-order valence-corrected chi connectivity index (χ0v) is 12.9. The summed E-state index contributed by atoms with van der Waals surface area (Å²) in [4.78, 5) is 11.2. The van der Waals surface area contributed by atoms with Gasteiger partial charge in [-0.05, 0) is 12.1 Å². The first-order chi connectivity index (χ1) is 10.7. The van der Waals surface area contributed by atoms with Gasteiger partial charge in [0.25, 0.3) is 22.4 Å². The maximum absolute atomic E-state index is 12.5. The number of carbonyl (C=O) groups is 1. The van der Waals surface area contributed by atoms with E-state index in [1.54, 1.807) is 12.1 Å². The smallest absolute Gasteiger partial charge is 0.267 e. The number of benzene rings is 1. The van der Waals surface area contributed by atoms with E-state index in [1.807, 2.05) is 0 Å². The van der Waals surface area contributed by atoms with E-state index in [9.17, 15) is 22.0 Å². The Morgan fingerprint density at radius 3 is 2.65 bits per heavy atom. The van der Waals surface area contributed by atoms with Crippen molar-refractivity contribution in [3.05, 3.63) is 42.2 Å². The minimum atomic E-state index is -4.07. The Morgan fingerprint density at radius 1 is 1.39 bits per heavy atom. The molecule has 0 spiro atoms. The molecule has 0 unspecified atom stereocenters. The molecule has 0 atom stereocenters. The molecule has 0 saturated heterocycles. The van der Waals surface area contributed by atoms with E-state index in [0.717, 1.165) is 21.4 Å². The third-order valence-electron chi connectivity index (χ3n) is 3.10. The summed E-state index contributed by atoms with van der Waals surface area (Å²) >= 11 is 0. The number of aromatic nitrogens is 2. The van der Waals surface area contributed by atoms with E-state index in [2.05, 4.69) is 5.10 Å². The van der Waals surface area contributed by atoms with Crippen LogP contribution in [-0.4, -0.2) is 37.6 Å². The van der Waals surface area contributed by atoms with E-state index < -0.39 is 28.9 Å². The summed E-state index contributed by atoms with van der Waals surface area (Å²) in [6.07, 6.45) is -0.676. The fourth-order valence-corrected chi connectivity index (χ4v) is 3.13. The van der Waals surface area contributed by atoms with Gasteiger partial charge in [-0.1, -0.05) is 12.1 Å². The van der Waals surface area contributed by atoms with Gasteiger partial charge in [-0.3, -0.25) is 13.8 Å². The molecule has 0 radical (unpaired) electrons. The Morgan fingerprint density at radius 2 is 2.04 bits per heavy atom. The number of primary amides is 1. The fourth-order valence-electron chi connectivity index (χ4n) is 1.96. The van der Waals surface area contributed by atoms with Crippen LogP contribution in [0.5, 0.6) is 0 Å². The van der Waals surface area contributed by atoms with Crippen molar-refractivity contribution in [1.82, 2.24) is 9.78 Å². The molecule has 0 fully saturated rings. The van der Waals surface area contributed by atoms with Crippen LogP contribution in [0, 0.1) is 0 Å². The van der Waals surface area contributed by atoms with E-state index in [-0.39, 0.29) is 16.1 Å². The Kier molecular flexibility index (Phi) is 4.64. The zero-order valence-electron chi connectivity index (χ0n) is 12.1. The number of halogens is 2. The number of para-hydroxylation sites is 1. The topological polar surface area (TPSA) is 98.3 Å². The first-order valence-corrected chi connectivity index (χ1v) is 7.86. The number of rotatable bonds is 6. The van der Waals surface area contributed by atoms with Crippen molar-refractivity contribution >= 4 is 21.6 Å². The average Bonchev–Trinajstić information content (AvgIpc) is 2.94. The third-order valence-corrected chi connectivity index (χ3v) is 4.83. The molecule has 0 aliphatic heterocycles. The monoisotopic (exact) mass is 344 g/mol. The lowest BCUT2D eigenvalue weighted by atomic mass is 10.2. The molecular formula is C13H14F2N4O3S. The van der Waals surface area contributed by atoms with Gasteiger partial charge >= 0.3 is 0 Å². The van der Waals surface area contributed by atoms with Crippen LogP contribution >= 0.6 is 0 Å². The number of sulfonamides is 1. The maximum Gasteiger partial charge on any atom is 0.267 e. The minimum Gasteiger partial charge on any atom is -0.366 e. The molecule has 7 nitrogen and oxygen atoms in total. The van der Waals surface area contributed by atoms with Crippen molar-refractivity contribution < 1.29 is 22.0 Å². The van der Waals surface area contributed by atoms with Gasteiger partial charge in [0, 0.05) is 13.2 Å². The fraction of sp³-hybridized carbons (Fsp3) is 0.231. The number of nitrogens with zero attached hydrogens (tertiary/aromatic N) is 3. The Balaban J connectivity index is 2.40. The average molecular weight is 344 g/mol. The summed E-state index contributed by atoms with van der Waals surface area (Å²) in [5.41, 5.74) is 5.34. The number of hydrogen-bond acceptors (Lipinski definition) is 4. The number of amides is 1. The molecule has 10 heteroatoms. The van der Waals surface area contributed by atoms with Crippen molar-refractivity contribution in [3.8, 4) is 0 Å². The number of alkyl halides is 2. The third kappa shape index (κ3) is 3.47. The van der Waals surface area contributed by atoms with E-state index in [0.29, 0.717) is 0 Å². The molecule has 1 amide bonds. The summed E-state index contributed by atoms with van der Waals surface area (Å²) in [7, 11) is -2.83. The summed E-state index contributed by atoms with van der Waals surface area (Å²) in [5, 5.41) is 3.60. The van der Waals surface area contributed by atoms with Gasteiger partial charge in [-0.15, -0.1) is 0 Å². The van der Waals surface area contributed by atoms with E-state index >= 15 is 0 Å². The molecule has 0 aliphatic carbocycles. The molecule has 1 aromatic heterocycles. The summed E-state index contributed by atoms with van der Waals surface area (Å²) in [6.45, 7) is -0.711. The summed E-state index contributed by atoms with van der Waals surface area (Å²) in [6, 6.07) is 5.91. The van der Waals surface area contributed by atoms with Crippen molar-refractivity contribution in [2.24, 2.45) is 5.73 Å². The first kappa shape index (κ1) is 16.9. The molecule has 23 heavy (non-hydrogen) atoms. The van der Waals surface area contributed by atoms with Crippen LogP contribution in [-0.2, 0) is 16.6 Å². The predicted molar refractivity (Wildman–Crippen MR) is 78.8 cm³/mol. The van der Waals surface area contributed by atoms with Crippen molar-refractivity contribution in [1.29, 1.82) is 0 Å². The largest absolute Gasteiger partial charge is 0.366 e. The standard InChI is InChI=1S/C13H14F2N4O3S/c1-18(11-5-3-2-4-10(11)13(16)20)23(21,22)9-6-17-19(7-9)8-12(14)15/h2-7,12H,8H2,1H3,(H2,16,20). The number of anilines is 1. The predicted octanol–water partition coefficient (Wildman–Crippen LogP) is 1.07. The molecule has 2 N–H and O–H groups in total. The second-order valence-electron chi connectivity index (χ2n) is 4.64. The van der Waals surface area contributed by atoms with Gasteiger partial charge in [0.2, 0.25) is 0 Å². The molecule has 2 rings (SSSR count). The molecule has 0 aliphatic rings. The lowest BCUT2D eigenvalue weighted by Crippen LogP contribution is -2.29. The molecule has 124 valence electrons. The lowest BCUT2D eigenvalue weighted by Gasteiger charge is -2.20. The van der Waals surface area contributed by atoms with Gasteiger partial charge in [0.15, 0.2) is 0 Å². The van der Waals surface area contributed by atoms with Gasteiger partial charge in [0.1, 0.15) is 11.4 Å². The highest BCUT2D eigenvalue weighted by Gasteiger charge is 2.26. The van der Waals surface area contributed by atoms with E-state index in [1.165, 1.54) is 19.2 Å². The SMILES string of the molecule is CN(c1ccccc1C(N)=O)S(=O)(=O)c1cnn(CC(F)F)c1. The summed E-state index contributed by atoms with van der Waals surface area (Å²) in [5.74, 6) is -0.781. The van der Waals surface area contributed by atoms with Crippen LogP contribution in [0.1, 0.15) is 10.4 Å². The van der Waals surface area contributed by atoms with Crippen molar-refractivity contribution in [3.63, 3.8) is 0 Å². The van der Waals surface area contributed by atoms with Crippen LogP contribution in [0.4, 0.5) is 14.5 Å². The number of hydrogen-bond donors (Lipinski definition) is 1. The quantitative estimate of drug-likeness (QED) is 0.847. The highest BCUT2D eigenvalue weighted by Crippen LogP contribution is 2.25. The normalized spacial score (nSPS) is 11.7. The van der Waals surface area contributed by atoms with Gasteiger partial charge in [-0.25, -0.2) is 17.2 Å². The van der Waals surface area contributed by atoms with Crippen molar-refractivity contribution in [2.75, 3.05) is 11.4 Å². The van der Waals surface area contributed by atoms with Gasteiger partial charge in [-0.2, -0.15) is 5.10 Å². The van der Waals surface area contributed by atoms with Crippen LogP contribution in [0.25, 0.3) is 0 Å². The van der Waals surface area contributed by atoms with Crippen LogP contribution in [0.3, 0.4) is 0 Å². The summed E-state index contributed by atoms with van der Waals surface area (Å²) < 4.78 is 51.4. The second kappa shape index (κ2) is 6.32. The first-order valence-electron chi connectivity index (χ1n) is 6.42. The Labute approximate surface area is 131 Å². The Hall–Kier alpha value is -2.49. The van der Waals surface area contributed by atoms with Crippen LogP contribution < -0.4 is 10.0 Å². The lowest BCUT2D eigenvalue weighted by molar-refractivity contribution is 0.100. The van der Waals surface area contributed by atoms with Crippen LogP contribution in [0.15, 0.2) is 41.6 Å². The van der Waals surface area contributed by atoms with Crippen molar-refractivity contribution in [2.45, 2.75) is 17.9 Å². The van der Waals surface area contributed by atoms with E-state index in [4.69, 9.17) is 5.73 Å². The molecular weight excluding hydrogens is 330 g/mol. The maximum atomic E-state index is 12.5. The number of nitrogens with two attached hydrogens (primary N) is 1.